The molecule has 2 heterocycles. The van der Waals surface area contributed by atoms with Gasteiger partial charge in [-0.1, -0.05) is 12.8 Å². The Morgan fingerprint density at radius 1 is 1.33 bits per heavy atom. The van der Waals surface area contributed by atoms with Crippen LogP contribution in [0.4, 0.5) is 0 Å². The van der Waals surface area contributed by atoms with Crippen LogP contribution in [0.25, 0.3) is 0 Å². The molecule has 1 N–H and O–H groups in total. The number of aryl methyl sites for hydroxylation is 2. The van der Waals surface area contributed by atoms with E-state index in [0.29, 0.717) is 17.9 Å². The second-order valence-corrected chi connectivity index (χ2v) is 7.62. The monoisotopic (exact) mass is 313 g/mol. The van der Waals surface area contributed by atoms with E-state index >= 15 is 0 Å². The van der Waals surface area contributed by atoms with Gasteiger partial charge in [0.05, 0.1) is 11.4 Å². The molecule has 0 aliphatic carbocycles. The van der Waals surface area contributed by atoms with Gasteiger partial charge in [-0.2, -0.15) is 9.40 Å². The molecule has 1 fully saturated rings. The van der Waals surface area contributed by atoms with Crippen LogP contribution in [-0.4, -0.2) is 41.3 Å². The Morgan fingerprint density at radius 2 is 2.05 bits per heavy atom. The van der Waals surface area contributed by atoms with E-state index in [1.54, 1.807) is 13.8 Å². The van der Waals surface area contributed by atoms with Gasteiger partial charge in [0, 0.05) is 19.0 Å². The summed E-state index contributed by atoms with van der Waals surface area (Å²) in [6, 6.07) is -0.233. The van der Waals surface area contributed by atoms with Crippen LogP contribution in [0, 0.1) is 13.8 Å². The van der Waals surface area contributed by atoms with Gasteiger partial charge in [0.1, 0.15) is 10.7 Å². The van der Waals surface area contributed by atoms with Crippen LogP contribution in [0.5, 0.6) is 0 Å². The lowest BCUT2D eigenvalue weighted by molar-refractivity contribution is -0.117. The molecule has 118 valence electrons. The molecule has 21 heavy (non-hydrogen) atoms. The fourth-order valence-corrected chi connectivity index (χ4v) is 5.07. The normalized spacial score (nSPS) is 21.2. The summed E-state index contributed by atoms with van der Waals surface area (Å²) >= 11 is 0. The second kappa shape index (κ2) is 6.27. The van der Waals surface area contributed by atoms with Gasteiger partial charge >= 0.3 is 0 Å². The summed E-state index contributed by atoms with van der Waals surface area (Å²) < 4.78 is 27.5. The highest BCUT2D eigenvalue weighted by molar-refractivity contribution is 7.89. The molecular formula is C14H23N3O3S. The molecule has 1 aliphatic rings. The molecular weight excluding hydrogens is 290 g/mol. The molecule has 2 rings (SSSR count). The van der Waals surface area contributed by atoms with E-state index < -0.39 is 10.0 Å². The third kappa shape index (κ3) is 3.35. The molecule has 1 atom stereocenters. The van der Waals surface area contributed by atoms with E-state index in [1.165, 1.54) is 11.2 Å². The van der Waals surface area contributed by atoms with E-state index in [2.05, 4.69) is 10.2 Å². The van der Waals surface area contributed by atoms with Crippen molar-refractivity contribution in [1.29, 1.82) is 0 Å². The first-order chi connectivity index (χ1) is 9.84. The number of nitrogens with zero attached hydrogens (tertiary/aromatic N) is 2. The third-order valence-corrected chi connectivity index (χ3v) is 6.19. The lowest BCUT2D eigenvalue weighted by Crippen LogP contribution is -2.41. The molecule has 1 saturated heterocycles. The SMILES string of the molecule is CC(=O)CC1CCCCCN1S(=O)(=O)c1c(C)n[nH]c1C. The maximum absolute atomic E-state index is 13.0. The first-order valence-corrected chi connectivity index (χ1v) is 8.81. The van der Waals surface area contributed by atoms with Crippen LogP contribution in [0.1, 0.15) is 50.4 Å². The summed E-state index contributed by atoms with van der Waals surface area (Å²) in [4.78, 5) is 11.7. The summed E-state index contributed by atoms with van der Waals surface area (Å²) in [6.07, 6.45) is 3.84. The minimum Gasteiger partial charge on any atom is -0.300 e. The molecule has 1 aromatic heterocycles. The average Bonchev–Trinajstić information content (AvgIpc) is 2.60. The Hall–Kier alpha value is -1.21. The van der Waals surface area contributed by atoms with Gasteiger partial charge in [0.15, 0.2) is 0 Å². The maximum Gasteiger partial charge on any atom is 0.246 e. The van der Waals surface area contributed by atoms with Crippen LogP contribution in [0.2, 0.25) is 0 Å². The van der Waals surface area contributed by atoms with Gasteiger partial charge in [0.25, 0.3) is 0 Å². The van der Waals surface area contributed by atoms with Gasteiger partial charge in [0.2, 0.25) is 10.0 Å². The quantitative estimate of drug-likeness (QED) is 0.920. The zero-order valence-electron chi connectivity index (χ0n) is 12.8. The number of nitrogens with one attached hydrogen (secondary N) is 1. The van der Waals surface area contributed by atoms with Crippen molar-refractivity contribution in [2.24, 2.45) is 0 Å². The van der Waals surface area contributed by atoms with Gasteiger partial charge in [-0.3, -0.25) is 9.89 Å². The molecule has 1 aromatic rings. The van der Waals surface area contributed by atoms with Gasteiger partial charge < -0.3 is 0 Å². The summed E-state index contributed by atoms with van der Waals surface area (Å²) in [6.45, 7) is 5.40. The van der Waals surface area contributed by atoms with Crippen molar-refractivity contribution in [3.63, 3.8) is 0 Å². The van der Waals surface area contributed by atoms with Crippen molar-refractivity contribution < 1.29 is 13.2 Å². The van der Waals surface area contributed by atoms with Crippen LogP contribution in [-0.2, 0) is 14.8 Å². The highest BCUT2D eigenvalue weighted by atomic mass is 32.2. The smallest absolute Gasteiger partial charge is 0.246 e. The van der Waals surface area contributed by atoms with Gasteiger partial charge in [-0.05, 0) is 33.6 Å². The molecule has 0 saturated carbocycles. The first kappa shape index (κ1) is 16.2. The maximum atomic E-state index is 13.0. The van der Waals surface area contributed by atoms with Gasteiger partial charge in [-0.15, -0.1) is 0 Å². The standard InChI is InChI=1S/C14H23N3O3S/c1-10(18)9-13-7-5-4-6-8-17(13)21(19,20)14-11(2)15-16-12(14)3/h13H,4-9H2,1-3H3,(H,15,16). The van der Waals surface area contributed by atoms with Crippen LogP contribution in [0.15, 0.2) is 4.90 Å². The van der Waals surface area contributed by atoms with Crippen LogP contribution < -0.4 is 0 Å². The number of H-pyrrole nitrogens is 1. The zero-order valence-corrected chi connectivity index (χ0v) is 13.7. The third-order valence-electron chi connectivity index (χ3n) is 3.97. The zero-order chi connectivity index (χ0) is 15.6. The Morgan fingerprint density at radius 3 is 2.62 bits per heavy atom. The number of hydrogen-bond acceptors (Lipinski definition) is 4. The van der Waals surface area contributed by atoms with Crippen LogP contribution >= 0.6 is 0 Å². The largest absolute Gasteiger partial charge is 0.300 e. The fourth-order valence-electron chi connectivity index (χ4n) is 3.04. The summed E-state index contributed by atoms with van der Waals surface area (Å²) in [7, 11) is -3.61. The minimum absolute atomic E-state index is 0.0303. The molecule has 0 amide bonds. The molecule has 1 unspecified atom stereocenters. The fraction of sp³-hybridized carbons (Fsp3) is 0.714. The second-order valence-electron chi connectivity index (χ2n) is 5.79. The predicted octanol–water partition coefficient (Wildman–Crippen LogP) is 1.94. The molecule has 0 spiro atoms. The molecule has 0 radical (unpaired) electrons. The minimum atomic E-state index is -3.61. The molecule has 0 aromatic carbocycles. The first-order valence-electron chi connectivity index (χ1n) is 7.37. The van der Waals surface area contributed by atoms with Crippen molar-refractivity contribution in [3.8, 4) is 0 Å². The van der Waals surface area contributed by atoms with Crippen molar-refractivity contribution in [3.05, 3.63) is 11.4 Å². The number of aromatic nitrogens is 2. The Bertz CT molecular complexity index is 602. The number of sulfonamides is 1. The van der Waals surface area contributed by atoms with E-state index in [9.17, 15) is 13.2 Å². The van der Waals surface area contributed by atoms with Gasteiger partial charge in [-0.25, -0.2) is 8.42 Å². The molecule has 1 aliphatic heterocycles. The number of carbonyl (C=O) groups excluding carboxylic acids is 1. The number of Topliss-reactive ketones (excluding diaryl/α,β-unsaturated/α-hetero) is 1. The molecule has 6 nitrogen and oxygen atoms in total. The summed E-state index contributed by atoms with van der Waals surface area (Å²) in [5.41, 5.74) is 1.04. The van der Waals surface area contributed by atoms with E-state index in [1.807, 2.05) is 0 Å². The highest BCUT2D eigenvalue weighted by Crippen LogP contribution is 2.29. The predicted molar refractivity (Wildman–Crippen MR) is 79.5 cm³/mol. The Labute approximate surface area is 126 Å². The van der Waals surface area contributed by atoms with E-state index in [4.69, 9.17) is 0 Å². The number of hydrogen-bond donors (Lipinski definition) is 1. The number of carbonyl (C=O) groups is 1. The van der Waals surface area contributed by atoms with Crippen molar-refractivity contribution >= 4 is 15.8 Å². The number of ketones is 1. The summed E-state index contributed by atoms with van der Waals surface area (Å²) in [5.74, 6) is 0.0303. The molecule has 0 bridgehead atoms. The molecule has 7 heteroatoms. The summed E-state index contributed by atoms with van der Waals surface area (Å²) in [5, 5.41) is 6.72. The van der Waals surface area contributed by atoms with E-state index in [0.717, 1.165) is 25.7 Å². The average molecular weight is 313 g/mol. The topological polar surface area (TPSA) is 83.1 Å². The Balaban J connectivity index is 2.41. The number of rotatable bonds is 4. The lowest BCUT2D eigenvalue weighted by atomic mass is 10.1. The Kier molecular flexibility index (Phi) is 4.83. The number of aromatic amines is 1. The van der Waals surface area contributed by atoms with Crippen molar-refractivity contribution in [2.45, 2.75) is 63.8 Å². The van der Waals surface area contributed by atoms with Crippen LogP contribution in [0.3, 0.4) is 0 Å². The van der Waals surface area contributed by atoms with Crippen molar-refractivity contribution in [2.75, 3.05) is 6.54 Å². The van der Waals surface area contributed by atoms with Crippen molar-refractivity contribution in [1.82, 2.24) is 14.5 Å². The van der Waals surface area contributed by atoms with E-state index in [-0.39, 0.29) is 23.1 Å². The lowest BCUT2D eigenvalue weighted by Gasteiger charge is -2.28. The highest BCUT2D eigenvalue weighted by Gasteiger charge is 2.35.